The normalized spacial score (nSPS) is 10.8. The van der Waals surface area contributed by atoms with Crippen LogP contribution >= 0.6 is 11.8 Å². The third-order valence-electron chi connectivity index (χ3n) is 5.67. The Morgan fingerprint density at radius 2 is 1.67 bits per heavy atom. The largest absolute Gasteiger partial charge is 0.497 e. The third-order valence-corrected chi connectivity index (χ3v) is 6.61. The molecule has 0 saturated heterocycles. The molecule has 0 fully saturated rings. The molecule has 7 heteroatoms. The predicted molar refractivity (Wildman–Crippen MR) is 145 cm³/mol. The lowest BCUT2D eigenvalue weighted by atomic mass is 10.0. The molecular formula is C29H23N3O3S. The lowest BCUT2D eigenvalue weighted by Crippen LogP contribution is -2.23. The van der Waals surface area contributed by atoms with Gasteiger partial charge in [-0.1, -0.05) is 78.5 Å². The van der Waals surface area contributed by atoms with E-state index in [1.54, 1.807) is 25.3 Å². The Balaban J connectivity index is 1.45. The topological polar surface area (TPSA) is 73.2 Å². The van der Waals surface area contributed by atoms with E-state index in [1.807, 2.05) is 84.9 Å². The Kier molecular flexibility index (Phi) is 6.82. The molecular weight excluding hydrogens is 470 g/mol. The van der Waals surface area contributed by atoms with Gasteiger partial charge < -0.3 is 10.1 Å². The molecule has 0 atom stereocenters. The maximum Gasteiger partial charge on any atom is 0.266 e. The number of thioether (sulfide) groups is 1. The first kappa shape index (κ1) is 23.4. The monoisotopic (exact) mass is 493 g/mol. The zero-order valence-electron chi connectivity index (χ0n) is 19.5. The minimum absolute atomic E-state index is 0.0812. The average molecular weight is 494 g/mol. The number of aromatic nitrogens is 2. The van der Waals surface area contributed by atoms with E-state index in [0.29, 0.717) is 27.5 Å². The van der Waals surface area contributed by atoms with Gasteiger partial charge in [0.25, 0.3) is 5.56 Å². The Morgan fingerprint density at radius 1 is 0.917 bits per heavy atom. The van der Waals surface area contributed by atoms with Gasteiger partial charge in [0.2, 0.25) is 5.91 Å². The molecule has 178 valence electrons. The van der Waals surface area contributed by atoms with E-state index in [4.69, 9.17) is 9.72 Å². The molecule has 0 aliphatic carbocycles. The van der Waals surface area contributed by atoms with Crippen LogP contribution in [-0.4, -0.2) is 28.3 Å². The number of hydrogen-bond donors (Lipinski definition) is 1. The lowest BCUT2D eigenvalue weighted by molar-refractivity contribution is -0.113. The Hall–Kier alpha value is -4.36. The van der Waals surface area contributed by atoms with Crippen LogP contribution in [0, 0.1) is 0 Å². The van der Waals surface area contributed by atoms with Crippen LogP contribution in [0.25, 0.3) is 27.7 Å². The Morgan fingerprint density at radius 3 is 2.50 bits per heavy atom. The first-order valence-electron chi connectivity index (χ1n) is 11.4. The second kappa shape index (κ2) is 10.5. The number of methoxy groups -OCH3 is 1. The number of nitrogens with one attached hydrogen (secondary N) is 1. The lowest BCUT2D eigenvalue weighted by Gasteiger charge is -2.14. The molecule has 1 aromatic heterocycles. The fourth-order valence-electron chi connectivity index (χ4n) is 3.96. The number of fused-ring (bicyclic) bond motifs is 1. The number of ether oxygens (including phenoxy) is 1. The number of para-hydroxylation sites is 2. The van der Waals surface area contributed by atoms with Crippen LogP contribution in [0.1, 0.15) is 0 Å². The third kappa shape index (κ3) is 4.87. The summed E-state index contributed by atoms with van der Waals surface area (Å²) in [5.74, 6) is 0.513. The van der Waals surface area contributed by atoms with Crippen LogP contribution < -0.4 is 15.6 Å². The van der Waals surface area contributed by atoms with Gasteiger partial charge in [-0.15, -0.1) is 0 Å². The SMILES string of the molecule is COc1cccc(-n2c(SCC(=O)Nc3ccccc3-c3ccccc3)nc3ccccc3c2=O)c1. The highest BCUT2D eigenvalue weighted by atomic mass is 32.2. The van der Waals surface area contributed by atoms with Gasteiger partial charge in [-0.25, -0.2) is 4.98 Å². The minimum Gasteiger partial charge on any atom is -0.497 e. The number of hydrogen-bond acceptors (Lipinski definition) is 5. The van der Waals surface area contributed by atoms with Crippen LogP contribution in [0.4, 0.5) is 5.69 Å². The highest BCUT2D eigenvalue weighted by Gasteiger charge is 2.16. The highest BCUT2D eigenvalue weighted by Crippen LogP contribution is 2.28. The Labute approximate surface area is 212 Å². The van der Waals surface area contributed by atoms with Crippen molar-refractivity contribution >= 4 is 34.3 Å². The van der Waals surface area contributed by atoms with Crippen molar-refractivity contribution in [2.24, 2.45) is 0 Å². The molecule has 0 aliphatic rings. The van der Waals surface area contributed by atoms with E-state index in [-0.39, 0.29) is 17.2 Å². The van der Waals surface area contributed by atoms with Gasteiger partial charge >= 0.3 is 0 Å². The van der Waals surface area contributed by atoms with E-state index in [0.717, 1.165) is 16.8 Å². The molecule has 0 spiro atoms. The quantitative estimate of drug-likeness (QED) is 0.229. The summed E-state index contributed by atoms with van der Waals surface area (Å²) in [5.41, 5.74) is 3.68. The molecule has 36 heavy (non-hydrogen) atoms. The van der Waals surface area contributed by atoms with E-state index in [1.165, 1.54) is 16.3 Å². The first-order chi connectivity index (χ1) is 17.6. The molecule has 6 nitrogen and oxygen atoms in total. The summed E-state index contributed by atoms with van der Waals surface area (Å²) in [4.78, 5) is 31.2. The number of rotatable bonds is 7. The summed E-state index contributed by atoms with van der Waals surface area (Å²) in [7, 11) is 1.58. The van der Waals surface area contributed by atoms with Gasteiger partial charge in [0, 0.05) is 17.3 Å². The average Bonchev–Trinajstić information content (AvgIpc) is 2.93. The molecule has 0 saturated carbocycles. The van der Waals surface area contributed by atoms with Crippen LogP contribution in [0.15, 0.2) is 113 Å². The number of nitrogens with zero attached hydrogens (tertiary/aromatic N) is 2. The van der Waals surface area contributed by atoms with Crippen molar-refractivity contribution < 1.29 is 9.53 Å². The second-order valence-electron chi connectivity index (χ2n) is 8.00. The maximum atomic E-state index is 13.5. The van der Waals surface area contributed by atoms with Gasteiger partial charge in [-0.3, -0.25) is 14.2 Å². The fourth-order valence-corrected chi connectivity index (χ4v) is 4.78. The predicted octanol–water partition coefficient (Wildman–Crippen LogP) is 5.79. The van der Waals surface area contributed by atoms with Gasteiger partial charge in [0.1, 0.15) is 5.75 Å². The van der Waals surface area contributed by atoms with Crippen LogP contribution in [0.2, 0.25) is 0 Å². The molecule has 4 aromatic carbocycles. The van der Waals surface area contributed by atoms with Crippen molar-refractivity contribution in [2.45, 2.75) is 5.16 Å². The van der Waals surface area contributed by atoms with Gasteiger partial charge in [0.05, 0.1) is 29.5 Å². The molecule has 0 radical (unpaired) electrons. The molecule has 1 heterocycles. The maximum absolute atomic E-state index is 13.5. The Bertz CT molecular complexity index is 1600. The molecule has 1 N–H and O–H groups in total. The van der Waals surface area contributed by atoms with Crippen molar-refractivity contribution in [3.8, 4) is 22.6 Å². The van der Waals surface area contributed by atoms with Crippen LogP contribution in [-0.2, 0) is 4.79 Å². The second-order valence-corrected chi connectivity index (χ2v) is 8.94. The van der Waals surface area contributed by atoms with Crippen molar-refractivity contribution in [2.75, 3.05) is 18.2 Å². The summed E-state index contributed by atoms with van der Waals surface area (Å²) in [5, 5.41) is 3.95. The number of carbonyl (C=O) groups is 1. The number of anilines is 1. The van der Waals surface area contributed by atoms with Crippen molar-refractivity contribution in [1.82, 2.24) is 9.55 Å². The van der Waals surface area contributed by atoms with E-state index >= 15 is 0 Å². The van der Waals surface area contributed by atoms with Crippen molar-refractivity contribution in [3.63, 3.8) is 0 Å². The van der Waals surface area contributed by atoms with E-state index in [2.05, 4.69) is 5.32 Å². The number of benzene rings is 4. The summed E-state index contributed by atoms with van der Waals surface area (Å²) in [6.45, 7) is 0. The van der Waals surface area contributed by atoms with Crippen LogP contribution in [0.5, 0.6) is 5.75 Å². The minimum atomic E-state index is -0.203. The first-order valence-corrected chi connectivity index (χ1v) is 12.4. The molecule has 0 unspecified atom stereocenters. The summed E-state index contributed by atoms with van der Waals surface area (Å²) < 4.78 is 6.88. The van der Waals surface area contributed by atoms with Crippen molar-refractivity contribution in [1.29, 1.82) is 0 Å². The number of carbonyl (C=O) groups excluding carboxylic acids is 1. The molecule has 5 aromatic rings. The van der Waals surface area contributed by atoms with E-state index in [9.17, 15) is 9.59 Å². The van der Waals surface area contributed by atoms with Gasteiger partial charge in [-0.05, 0) is 35.9 Å². The zero-order chi connectivity index (χ0) is 24.9. The highest BCUT2D eigenvalue weighted by molar-refractivity contribution is 7.99. The van der Waals surface area contributed by atoms with Crippen LogP contribution in [0.3, 0.4) is 0 Å². The zero-order valence-corrected chi connectivity index (χ0v) is 20.4. The fraction of sp³-hybridized carbons (Fsp3) is 0.0690. The smallest absolute Gasteiger partial charge is 0.266 e. The standard InChI is InChI=1S/C29H23N3O3S/c1-35-22-13-9-12-21(18-22)32-28(34)24-15-6-8-17-26(24)31-29(32)36-19-27(33)30-25-16-7-5-14-23(25)20-10-3-2-4-11-20/h2-18H,19H2,1H3,(H,30,33). The molecule has 0 bridgehead atoms. The summed E-state index contributed by atoms with van der Waals surface area (Å²) in [6, 6.07) is 32.0. The van der Waals surface area contributed by atoms with Crippen molar-refractivity contribution in [3.05, 3.63) is 113 Å². The van der Waals surface area contributed by atoms with E-state index < -0.39 is 0 Å². The molecule has 1 amide bonds. The van der Waals surface area contributed by atoms with Gasteiger partial charge in [-0.2, -0.15) is 0 Å². The summed E-state index contributed by atoms with van der Waals surface area (Å²) in [6.07, 6.45) is 0. The number of amides is 1. The molecule has 5 rings (SSSR count). The van der Waals surface area contributed by atoms with Gasteiger partial charge in [0.15, 0.2) is 5.16 Å². The summed E-state index contributed by atoms with van der Waals surface area (Å²) >= 11 is 1.21. The molecule has 0 aliphatic heterocycles.